The minimum Gasteiger partial charge on any atom is -0.471 e. The summed E-state index contributed by atoms with van der Waals surface area (Å²) in [6.07, 6.45) is 5.29. The number of nitrogens with zero attached hydrogens (tertiary/aromatic N) is 4. The lowest BCUT2D eigenvalue weighted by molar-refractivity contribution is -0.128. The summed E-state index contributed by atoms with van der Waals surface area (Å²) in [6.45, 7) is 1.34. The molecule has 3 rings (SSSR count). The second-order valence-electron chi connectivity index (χ2n) is 6.14. The third-order valence-electron chi connectivity index (χ3n) is 3.99. The Morgan fingerprint density at radius 2 is 2.24 bits per heavy atom. The fourth-order valence-electron chi connectivity index (χ4n) is 2.66. The number of aromatic nitrogens is 2. The fraction of sp³-hybridized carbons (Fsp3) is 0.389. The minimum atomic E-state index is -0.0488. The van der Waals surface area contributed by atoms with Gasteiger partial charge in [-0.1, -0.05) is 6.07 Å². The van der Waals surface area contributed by atoms with Crippen LogP contribution in [-0.4, -0.2) is 54.3 Å². The molecular weight excluding hydrogens is 336 g/mol. The molecule has 1 unspecified atom stereocenters. The highest BCUT2D eigenvalue weighted by Crippen LogP contribution is 2.18. The Morgan fingerprint density at radius 1 is 1.36 bits per heavy atom. The summed E-state index contributed by atoms with van der Waals surface area (Å²) in [6, 6.07) is 7.66. The van der Waals surface area contributed by atoms with Gasteiger partial charge in [-0.05, 0) is 36.4 Å². The molecule has 1 aliphatic rings. The SMILES string of the molecule is CN(C)c1ccc(OC2CCCN(C(=O)/C=C/c3cccs3)C2)nn1. The Morgan fingerprint density at radius 3 is 2.92 bits per heavy atom. The molecule has 2 aromatic heterocycles. The summed E-state index contributed by atoms with van der Waals surface area (Å²) in [4.78, 5) is 17.2. The van der Waals surface area contributed by atoms with E-state index in [1.807, 2.05) is 59.6 Å². The highest BCUT2D eigenvalue weighted by atomic mass is 32.1. The third-order valence-corrected chi connectivity index (χ3v) is 4.83. The largest absolute Gasteiger partial charge is 0.471 e. The van der Waals surface area contributed by atoms with E-state index in [1.54, 1.807) is 17.4 Å². The van der Waals surface area contributed by atoms with Crippen LogP contribution in [0, 0.1) is 0 Å². The Bertz CT molecular complexity index is 713. The first-order valence-electron chi connectivity index (χ1n) is 8.30. The molecule has 2 aromatic rings. The maximum Gasteiger partial charge on any atom is 0.246 e. The molecule has 1 amide bonds. The molecule has 1 fully saturated rings. The van der Waals surface area contributed by atoms with Gasteiger partial charge in [0.1, 0.15) is 6.10 Å². The average Bonchev–Trinajstić information content (AvgIpc) is 3.14. The van der Waals surface area contributed by atoms with Gasteiger partial charge in [-0.3, -0.25) is 4.79 Å². The van der Waals surface area contributed by atoms with Crippen LogP contribution in [0.15, 0.2) is 35.7 Å². The molecular formula is C18H22N4O2S. The lowest BCUT2D eigenvalue weighted by Gasteiger charge is -2.31. The molecule has 132 valence electrons. The predicted octanol–water partition coefficient (Wildman–Crippen LogP) is 2.69. The molecule has 7 heteroatoms. The number of thiophene rings is 1. The molecule has 1 saturated heterocycles. The van der Waals surface area contributed by atoms with Gasteiger partial charge in [-0.15, -0.1) is 21.5 Å². The number of hydrogen-bond acceptors (Lipinski definition) is 6. The smallest absolute Gasteiger partial charge is 0.246 e. The number of rotatable bonds is 5. The second kappa shape index (κ2) is 8.11. The molecule has 1 aliphatic heterocycles. The van der Waals surface area contributed by atoms with Crippen LogP contribution in [0.2, 0.25) is 0 Å². The van der Waals surface area contributed by atoms with Crippen molar-refractivity contribution in [2.75, 3.05) is 32.1 Å². The van der Waals surface area contributed by atoms with E-state index in [2.05, 4.69) is 10.2 Å². The second-order valence-corrected chi connectivity index (χ2v) is 7.12. The lowest BCUT2D eigenvalue weighted by atomic mass is 10.1. The summed E-state index contributed by atoms with van der Waals surface area (Å²) >= 11 is 1.62. The van der Waals surface area contributed by atoms with E-state index in [-0.39, 0.29) is 12.0 Å². The number of carbonyl (C=O) groups is 1. The lowest BCUT2D eigenvalue weighted by Crippen LogP contribution is -2.43. The Balaban J connectivity index is 1.56. The van der Waals surface area contributed by atoms with Crippen molar-refractivity contribution in [2.45, 2.75) is 18.9 Å². The van der Waals surface area contributed by atoms with Crippen molar-refractivity contribution in [3.05, 3.63) is 40.6 Å². The van der Waals surface area contributed by atoms with Crippen molar-refractivity contribution < 1.29 is 9.53 Å². The third kappa shape index (κ3) is 4.79. The zero-order valence-corrected chi connectivity index (χ0v) is 15.3. The highest BCUT2D eigenvalue weighted by Gasteiger charge is 2.24. The average molecular weight is 358 g/mol. The number of piperidine rings is 1. The molecule has 0 saturated carbocycles. The van der Waals surface area contributed by atoms with Gasteiger partial charge in [-0.25, -0.2) is 0 Å². The normalized spacial score (nSPS) is 17.7. The number of likely N-dealkylation sites (tertiary alicyclic amines) is 1. The molecule has 0 bridgehead atoms. The molecule has 0 aromatic carbocycles. The van der Waals surface area contributed by atoms with E-state index < -0.39 is 0 Å². The summed E-state index contributed by atoms with van der Waals surface area (Å²) in [5, 5.41) is 10.2. The number of hydrogen-bond donors (Lipinski definition) is 0. The van der Waals surface area contributed by atoms with Gasteiger partial charge in [0.2, 0.25) is 11.8 Å². The zero-order chi connectivity index (χ0) is 17.6. The Labute approximate surface area is 151 Å². The molecule has 25 heavy (non-hydrogen) atoms. The molecule has 0 radical (unpaired) electrons. The van der Waals surface area contributed by atoms with E-state index in [4.69, 9.17) is 4.74 Å². The minimum absolute atomic E-state index is 0.0238. The van der Waals surface area contributed by atoms with E-state index in [1.165, 1.54) is 0 Å². The first-order chi connectivity index (χ1) is 12.1. The maximum atomic E-state index is 12.4. The number of ether oxygens (including phenoxy) is 1. The zero-order valence-electron chi connectivity index (χ0n) is 14.5. The van der Waals surface area contributed by atoms with Crippen LogP contribution >= 0.6 is 11.3 Å². The topological polar surface area (TPSA) is 58.6 Å². The van der Waals surface area contributed by atoms with Crippen LogP contribution in [0.1, 0.15) is 17.7 Å². The fourth-order valence-corrected chi connectivity index (χ4v) is 3.28. The van der Waals surface area contributed by atoms with Crippen molar-refractivity contribution in [2.24, 2.45) is 0 Å². The van der Waals surface area contributed by atoms with Gasteiger partial charge in [-0.2, -0.15) is 0 Å². The predicted molar refractivity (Wildman–Crippen MR) is 99.9 cm³/mol. The summed E-state index contributed by atoms with van der Waals surface area (Å²) in [5.74, 6) is 1.31. The number of amides is 1. The van der Waals surface area contributed by atoms with Crippen LogP contribution in [0.5, 0.6) is 5.88 Å². The van der Waals surface area contributed by atoms with Crippen molar-refractivity contribution in [3.8, 4) is 5.88 Å². The summed E-state index contributed by atoms with van der Waals surface area (Å²) in [5.41, 5.74) is 0. The Hall–Kier alpha value is -2.41. The van der Waals surface area contributed by atoms with Crippen LogP contribution in [0.25, 0.3) is 6.08 Å². The van der Waals surface area contributed by atoms with E-state index >= 15 is 0 Å². The molecule has 6 nitrogen and oxygen atoms in total. The molecule has 0 spiro atoms. The molecule has 3 heterocycles. The van der Waals surface area contributed by atoms with Crippen LogP contribution in [-0.2, 0) is 4.79 Å². The van der Waals surface area contributed by atoms with Crippen molar-refractivity contribution in [1.82, 2.24) is 15.1 Å². The first kappa shape index (κ1) is 17.4. The first-order valence-corrected chi connectivity index (χ1v) is 9.18. The van der Waals surface area contributed by atoms with Crippen LogP contribution in [0.3, 0.4) is 0 Å². The van der Waals surface area contributed by atoms with Gasteiger partial charge in [0.15, 0.2) is 5.82 Å². The van der Waals surface area contributed by atoms with Gasteiger partial charge < -0.3 is 14.5 Å². The van der Waals surface area contributed by atoms with Crippen molar-refractivity contribution >= 4 is 29.1 Å². The van der Waals surface area contributed by atoms with Crippen LogP contribution in [0.4, 0.5) is 5.82 Å². The number of anilines is 1. The van der Waals surface area contributed by atoms with Gasteiger partial charge in [0.25, 0.3) is 0 Å². The monoisotopic (exact) mass is 358 g/mol. The van der Waals surface area contributed by atoms with Crippen LogP contribution < -0.4 is 9.64 Å². The van der Waals surface area contributed by atoms with Crippen molar-refractivity contribution in [1.29, 1.82) is 0 Å². The summed E-state index contributed by atoms with van der Waals surface area (Å²) in [7, 11) is 3.83. The number of carbonyl (C=O) groups excluding carboxylic acids is 1. The quantitative estimate of drug-likeness (QED) is 0.769. The van der Waals surface area contributed by atoms with Gasteiger partial charge in [0, 0.05) is 37.7 Å². The molecule has 0 aliphatic carbocycles. The van der Waals surface area contributed by atoms with E-state index in [9.17, 15) is 4.79 Å². The van der Waals surface area contributed by atoms with E-state index in [0.717, 1.165) is 30.1 Å². The standard InChI is InChI=1S/C18H22N4O2S/c1-21(2)16-8-9-17(20-19-16)24-14-5-3-11-22(13-14)18(23)10-7-15-6-4-12-25-15/h4,6-10,12,14H,3,5,11,13H2,1-2H3/b10-7+. The molecule has 1 atom stereocenters. The van der Waals surface area contributed by atoms with Gasteiger partial charge >= 0.3 is 0 Å². The van der Waals surface area contributed by atoms with Crippen molar-refractivity contribution in [3.63, 3.8) is 0 Å². The van der Waals surface area contributed by atoms with Gasteiger partial charge in [0.05, 0.1) is 6.54 Å². The highest BCUT2D eigenvalue weighted by molar-refractivity contribution is 7.10. The summed E-state index contributed by atoms with van der Waals surface area (Å²) < 4.78 is 5.91. The maximum absolute atomic E-state index is 12.4. The molecule has 0 N–H and O–H groups in total. The van der Waals surface area contributed by atoms with E-state index in [0.29, 0.717) is 12.4 Å². The Kier molecular flexibility index (Phi) is 5.65.